The highest BCUT2D eigenvalue weighted by atomic mass is 16.4. The Morgan fingerprint density at radius 3 is 1.42 bits per heavy atom. The second-order valence-electron chi connectivity index (χ2n) is 3.20. The molecule has 12 heavy (non-hydrogen) atoms. The van der Waals surface area contributed by atoms with Gasteiger partial charge in [0.25, 0.3) is 0 Å². The number of aliphatic hydroxyl groups is 3. The van der Waals surface area contributed by atoms with Crippen LogP contribution in [0.4, 0.5) is 0 Å². The zero-order valence-electron chi connectivity index (χ0n) is 7.90. The van der Waals surface area contributed by atoms with Crippen molar-refractivity contribution in [2.45, 2.75) is 57.8 Å². The van der Waals surface area contributed by atoms with Gasteiger partial charge in [-0.05, 0) is 12.8 Å². The number of aliphatic hydroxyl groups excluding tert-OH is 3. The van der Waals surface area contributed by atoms with E-state index in [2.05, 4.69) is 0 Å². The van der Waals surface area contributed by atoms with E-state index in [-0.39, 0.29) is 0 Å². The third-order valence-electron chi connectivity index (χ3n) is 1.96. The molecule has 3 heteroatoms. The van der Waals surface area contributed by atoms with Crippen LogP contribution in [-0.4, -0.2) is 33.6 Å². The molecule has 0 radical (unpaired) electrons. The van der Waals surface area contributed by atoms with Crippen molar-refractivity contribution in [2.75, 3.05) is 0 Å². The summed E-state index contributed by atoms with van der Waals surface area (Å²) in [5.41, 5.74) is 0. The van der Waals surface area contributed by atoms with Gasteiger partial charge in [0.05, 0.1) is 12.2 Å². The average molecular weight is 176 g/mol. The molecule has 0 aliphatic rings. The van der Waals surface area contributed by atoms with Crippen LogP contribution in [0.2, 0.25) is 0 Å². The lowest BCUT2D eigenvalue weighted by Gasteiger charge is -2.21. The van der Waals surface area contributed by atoms with Crippen LogP contribution in [0.25, 0.3) is 0 Å². The van der Waals surface area contributed by atoms with Gasteiger partial charge in [-0.15, -0.1) is 0 Å². The topological polar surface area (TPSA) is 60.7 Å². The lowest BCUT2D eigenvalue weighted by atomic mass is 10.0. The van der Waals surface area contributed by atoms with Crippen molar-refractivity contribution in [1.82, 2.24) is 0 Å². The van der Waals surface area contributed by atoms with Crippen molar-refractivity contribution in [3.05, 3.63) is 0 Å². The van der Waals surface area contributed by atoms with Crippen LogP contribution in [0.15, 0.2) is 0 Å². The fraction of sp³-hybridized carbons (Fsp3) is 1.00. The molecule has 0 aromatic rings. The SMILES string of the molecule is CCC[C@@H](O)C(O)[C@H](O)CCC. The Morgan fingerprint density at radius 1 is 0.833 bits per heavy atom. The lowest BCUT2D eigenvalue weighted by molar-refractivity contribution is -0.0642. The van der Waals surface area contributed by atoms with Crippen molar-refractivity contribution >= 4 is 0 Å². The first-order valence-corrected chi connectivity index (χ1v) is 4.67. The van der Waals surface area contributed by atoms with E-state index in [4.69, 9.17) is 0 Å². The molecule has 0 rings (SSSR count). The van der Waals surface area contributed by atoms with E-state index in [0.29, 0.717) is 12.8 Å². The Labute approximate surface area is 74.0 Å². The van der Waals surface area contributed by atoms with E-state index in [0.717, 1.165) is 12.8 Å². The Bertz CT molecular complexity index is 93.9. The maximum Gasteiger partial charge on any atom is 0.106 e. The second-order valence-corrected chi connectivity index (χ2v) is 3.20. The number of hydrogen-bond donors (Lipinski definition) is 3. The van der Waals surface area contributed by atoms with Gasteiger partial charge >= 0.3 is 0 Å². The highest BCUT2D eigenvalue weighted by Gasteiger charge is 2.22. The Hall–Kier alpha value is -0.120. The van der Waals surface area contributed by atoms with E-state index >= 15 is 0 Å². The summed E-state index contributed by atoms with van der Waals surface area (Å²) >= 11 is 0. The third kappa shape index (κ3) is 4.04. The van der Waals surface area contributed by atoms with Gasteiger partial charge in [0.2, 0.25) is 0 Å². The van der Waals surface area contributed by atoms with E-state index in [1.165, 1.54) is 0 Å². The first kappa shape index (κ1) is 11.9. The average Bonchev–Trinajstić information content (AvgIpc) is 2.04. The van der Waals surface area contributed by atoms with Crippen LogP contribution >= 0.6 is 0 Å². The minimum absolute atomic E-state index is 0.544. The van der Waals surface area contributed by atoms with Crippen LogP contribution in [0.5, 0.6) is 0 Å². The lowest BCUT2D eigenvalue weighted by Crippen LogP contribution is -2.37. The molecule has 74 valence electrons. The number of hydrogen-bond acceptors (Lipinski definition) is 3. The van der Waals surface area contributed by atoms with Crippen LogP contribution in [0, 0.1) is 0 Å². The first-order valence-electron chi connectivity index (χ1n) is 4.67. The zero-order valence-corrected chi connectivity index (χ0v) is 7.90. The molecule has 0 unspecified atom stereocenters. The van der Waals surface area contributed by atoms with Gasteiger partial charge in [-0.1, -0.05) is 26.7 Å². The van der Waals surface area contributed by atoms with Gasteiger partial charge in [-0.3, -0.25) is 0 Å². The van der Waals surface area contributed by atoms with Crippen LogP contribution in [0.3, 0.4) is 0 Å². The smallest absolute Gasteiger partial charge is 0.106 e. The second kappa shape index (κ2) is 6.40. The largest absolute Gasteiger partial charge is 0.390 e. The van der Waals surface area contributed by atoms with Gasteiger partial charge in [0, 0.05) is 0 Å². The molecular formula is C9H20O3. The van der Waals surface area contributed by atoms with E-state index in [1.807, 2.05) is 13.8 Å². The highest BCUT2D eigenvalue weighted by Crippen LogP contribution is 2.09. The monoisotopic (exact) mass is 176 g/mol. The predicted molar refractivity (Wildman–Crippen MR) is 47.8 cm³/mol. The first-order chi connectivity index (χ1) is 5.63. The fourth-order valence-electron chi connectivity index (χ4n) is 1.19. The third-order valence-corrected chi connectivity index (χ3v) is 1.96. The summed E-state index contributed by atoms with van der Waals surface area (Å²) in [5.74, 6) is 0. The van der Waals surface area contributed by atoms with Crippen LogP contribution in [0.1, 0.15) is 39.5 Å². The minimum atomic E-state index is -0.982. The molecule has 0 aromatic carbocycles. The van der Waals surface area contributed by atoms with Crippen LogP contribution in [-0.2, 0) is 0 Å². The molecule has 0 spiro atoms. The van der Waals surface area contributed by atoms with Gasteiger partial charge in [-0.25, -0.2) is 0 Å². The summed E-state index contributed by atoms with van der Waals surface area (Å²) in [7, 11) is 0. The van der Waals surface area contributed by atoms with E-state index < -0.39 is 18.3 Å². The van der Waals surface area contributed by atoms with Crippen molar-refractivity contribution in [3.8, 4) is 0 Å². The van der Waals surface area contributed by atoms with E-state index in [9.17, 15) is 15.3 Å². The summed E-state index contributed by atoms with van der Waals surface area (Å²) in [6.07, 6.45) is 0.177. The van der Waals surface area contributed by atoms with Gasteiger partial charge in [0.15, 0.2) is 0 Å². The molecule has 0 heterocycles. The van der Waals surface area contributed by atoms with Gasteiger partial charge < -0.3 is 15.3 Å². The van der Waals surface area contributed by atoms with Crippen molar-refractivity contribution in [2.24, 2.45) is 0 Å². The maximum atomic E-state index is 9.35. The summed E-state index contributed by atoms with van der Waals surface area (Å²) in [6.45, 7) is 3.87. The predicted octanol–water partition coefficient (Wildman–Crippen LogP) is 0.669. The molecule has 0 saturated carbocycles. The van der Waals surface area contributed by atoms with Gasteiger partial charge in [-0.2, -0.15) is 0 Å². The molecule has 3 N–H and O–H groups in total. The Morgan fingerprint density at radius 2 is 1.17 bits per heavy atom. The summed E-state index contributed by atoms with van der Waals surface area (Å²) < 4.78 is 0. The Balaban J connectivity index is 3.73. The zero-order chi connectivity index (χ0) is 9.56. The van der Waals surface area contributed by atoms with Crippen molar-refractivity contribution in [1.29, 1.82) is 0 Å². The molecule has 0 amide bonds. The molecule has 0 aromatic heterocycles. The number of rotatable bonds is 6. The Kier molecular flexibility index (Phi) is 6.34. The molecular weight excluding hydrogens is 156 g/mol. The maximum absolute atomic E-state index is 9.35. The fourth-order valence-corrected chi connectivity index (χ4v) is 1.19. The molecule has 0 bridgehead atoms. The van der Waals surface area contributed by atoms with Crippen molar-refractivity contribution in [3.63, 3.8) is 0 Å². The summed E-state index contributed by atoms with van der Waals surface area (Å²) in [6, 6.07) is 0. The summed E-state index contributed by atoms with van der Waals surface area (Å²) in [5, 5.41) is 28.0. The molecule has 0 saturated heterocycles. The molecule has 0 fully saturated rings. The molecule has 2 atom stereocenters. The quantitative estimate of drug-likeness (QED) is 0.557. The molecule has 3 nitrogen and oxygen atoms in total. The molecule has 0 aliphatic heterocycles. The van der Waals surface area contributed by atoms with Crippen molar-refractivity contribution < 1.29 is 15.3 Å². The normalized spacial score (nSPS) is 16.5. The van der Waals surface area contributed by atoms with Crippen LogP contribution < -0.4 is 0 Å². The van der Waals surface area contributed by atoms with Gasteiger partial charge in [0.1, 0.15) is 6.10 Å². The minimum Gasteiger partial charge on any atom is -0.390 e. The highest BCUT2D eigenvalue weighted by molar-refractivity contribution is 4.74. The summed E-state index contributed by atoms with van der Waals surface area (Å²) in [4.78, 5) is 0. The standard InChI is InChI=1S/C9H20O3/c1-3-5-7(10)9(12)8(11)6-4-2/h7-12H,3-6H2,1-2H3/t7-,8-/m1/s1. The molecule has 0 aliphatic carbocycles. The van der Waals surface area contributed by atoms with E-state index in [1.54, 1.807) is 0 Å².